The molecule has 2 rings (SSSR count). The van der Waals surface area contributed by atoms with Crippen LogP contribution in [0.4, 0.5) is 0 Å². The van der Waals surface area contributed by atoms with Crippen LogP contribution in [0.15, 0.2) is 41.4 Å². The van der Waals surface area contributed by atoms with E-state index in [1.54, 1.807) is 38.3 Å². The minimum atomic E-state index is -1.86. The van der Waals surface area contributed by atoms with E-state index in [9.17, 15) is 38.7 Å². The largest absolute Gasteiger partial charge is 0.497 e. The van der Waals surface area contributed by atoms with Crippen LogP contribution in [0.1, 0.15) is 52.5 Å². The molecule has 0 aliphatic carbocycles. The van der Waals surface area contributed by atoms with Crippen molar-refractivity contribution in [3.05, 3.63) is 42.0 Å². The maximum atomic E-state index is 13.2. The molecule has 0 amide bonds. The quantitative estimate of drug-likeness (QED) is 0.139. The molecule has 0 bridgehead atoms. The minimum absolute atomic E-state index is 0.580. The van der Waals surface area contributed by atoms with E-state index in [4.69, 9.17) is 33.5 Å². The van der Waals surface area contributed by atoms with Gasteiger partial charge < -0.3 is 38.6 Å². The molecular formula is C32H37NO15. The molecular weight excluding hydrogens is 638 g/mol. The van der Waals surface area contributed by atoms with Gasteiger partial charge in [0.15, 0.2) is 30.5 Å². The molecule has 0 aromatic heterocycles. The Kier molecular flexibility index (Phi) is 14.5. The molecule has 0 spiro atoms. The van der Waals surface area contributed by atoms with Crippen LogP contribution in [0.5, 0.6) is 5.75 Å². The first-order valence-corrected chi connectivity index (χ1v) is 14.4. The number of carbonyl (C=O) groups is 7. The summed E-state index contributed by atoms with van der Waals surface area (Å²) in [6.45, 7) is 4.70. The highest BCUT2D eigenvalue weighted by Gasteiger charge is 2.44. The Morgan fingerprint density at radius 2 is 1.33 bits per heavy atom. The number of rotatable bonds is 17. The van der Waals surface area contributed by atoms with Crippen molar-refractivity contribution >= 4 is 58.8 Å². The zero-order valence-corrected chi connectivity index (χ0v) is 27.1. The average Bonchev–Trinajstić information content (AvgIpc) is 3.00. The molecule has 6 atom stereocenters. The number of esters is 5. The average molecular weight is 676 g/mol. The fourth-order valence-corrected chi connectivity index (χ4v) is 4.46. The van der Waals surface area contributed by atoms with E-state index in [2.05, 4.69) is 4.99 Å². The predicted octanol–water partition coefficient (Wildman–Crippen LogP) is 2.22. The van der Waals surface area contributed by atoms with Crippen LogP contribution in [0, 0.1) is 0 Å². The third kappa shape index (κ3) is 12.0. The lowest BCUT2D eigenvalue weighted by Crippen LogP contribution is -2.53. The molecule has 0 heterocycles. The van der Waals surface area contributed by atoms with Crippen molar-refractivity contribution in [2.75, 3.05) is 13.7 Å². The Morgan fingerprint density at radius 3 is 1.88 bits per heavy atom. The third-order valence-electron chi connectivity index (χ3n) is 6.62. The Bertz CT molecular complexity index is 1550. The van der Waals surface area contributed by atoms with Crippen LogP contribution in [-0.2, 0) is 57.2 Å². The number of carboxylic acids is 2. The van der Waals surface area contributed by atoms with Gasteiger partial charge in [-0.3, -0.25) is 33.8 Å². The smallest absolute Gasteiger partial charge is 0.329 e. The van der Waals surface area contributed by atoms with Crippen molar-refractivity contribution in [1.82, 2.24) is 0 Å². The van der Waals surface area contributed by atoms with Crippen molar-refractivity contribution in [3.8, 4) is 5.75 Å². The maximum Gasteiger partial charge on any atom is 0.329 e. The number of aliphatic imine (C=N–C) groups is 1. The van der Waals surface area contributed by atoms with E-state index in [1.807, 2.05) is 12.1 Å². The fraction of sp³-hybridized carbons (Fsp3) is 0.438. The topological polar surface area (TPSA) is 228 Å². The Hall–Kier alpha value is -5.54. The van der Waals surface area contributed by atoms with E-state index in [0.717, 1.165) is 38.5 Å². The van der Waals surface area contributed by atoms with Gasteiger partial charge in [-0.05, 0) is 35.4 Å². The van der Waals surface area contributed by atoms with Crippen LogP contribution in [0.2, 0.25) is 0 Å². The monoisotopic (exact) mass is 675 g/mol. The molecule has 0 radical (unpaired) electrons. The summed E-state index contributed by atoms with van der Waals surface area (Å²) in [4.78, 5) is 88.2. The van der Waals surface area contributed by atoms with Crippen LogP contribution < -0.4 is 4.74 Å². The molecule has 0 saturated carbocycles. The van der Waals surface area contributed by atoms with Crippen LogP contribution in [0.3, 0.4) is 0 Å². The number of hydrogen-bond acceptors (Lipinski definition) is 14. The van der Waals surface area contributed by atoms with Crippen LogP contribution >= 0.6 is 0 Å². The summed E-state index contributed by atoms with van der Waals surface area (Å²) in [6, 6.07) is 8.83. The van der Waals surface area contributed by atoms with Crippen molar-refractivity contribution < 1.29 is 72.2 Å². The van der Waals surface area contributed by atoms with Crippen molar-refractivity contribution in [2.45, 2.75) is 77.4 Å². The van der Waals surface area contributed by atoms with E-state index in [-0.39, 0.29) is 0 Å². The highest BCUT2D eigenvalue weighted by Crippen LogP contribution is 2.26. The number of carboxylic acid groups (broad SMARTS) is 2. The van der Waals surface area contributed by atoms with Crippen LogP contribution in [0.25, 0.3) is 10.8 Å². The van der Waals surface area contributed by atoms with E-state index in [0.29, 0.717) is 17.5 Å². The molecule has 0 aliphatic rings. The number of nitrogens with zero attached hydrogens (tertiary/aromatic N) is 1. The minimum Gasteiger partial charge on any atom is -0.497 e. The molecule has 16 nitrogen and oxygen atoms in total. The summed E-state index contributed by atoms with van der Waals surface area (Å²) < 4.78 is 31.8. The number of benzene rings is 2. The second-order valence-electron chi connectivity index (χ2n) is 10.4. The van der Waals surface area contributed by atoms with E-state index >= 15 is 0 Å². The number of ether oxygens (including phenoxy) is 6. The van der Waals surface area contributed by atoms with Crippen molar-refractivity contribution in [2.24, 2.45) is 4.99 Å². The lowest BCUT2D eigenvalue weighted by molar-refractivity contribution is -0.198. The van der Waals surface area contributed by atoms with Gasteiger partial charge in [-0.15, -0.1) is 0 Å². The predicted molar refractivity (Wildman–Crippen MR) is 164 cm³/mol. The number of carbonyl (C=O) groups excluding carboxylic acids is 5. The summed E-state index contributed by atoms with van der Waals surface area (Å²) in [6.07, 6.45) is -7.43. The molecule has 2 aromatic carbocycles. The van der Waals surface area contributed by atoms with Gasteiger partial charge >= 0.3 is 41.8 Å². The first-order valence-electron chi connectivity index (χ1n) is 14.4. The molecule has 0 aliphatic heterocycles. The third-order valence-corrected chi connectivity index (χ3v) is 6.62. The molecule has 16 heteroatoms. The van der Waals surface area contributed by atoms with Gasteiger partial charge in [0.05, 0.1) is 19.4 Å². The second-order valence-corrected chi connectivity index (χ2v) is 10.4. The van der Waals surface area contributed by atoms with Gasteiger partial charge in [-0.2, -0.15) is 0 Å². The molecule has 48 heavy (non-hydrogen) atoms. The zero-order chi connectivity index (χ0) is 36.1. The molecule has 0 fully saturated rings. The van der Waals surface area contributed by atoms with E-state index < -0.39 is 91.2 Å². The van der Waals surface area contributed by atoms with Gasteiger partial charge in [0.1, 0.15) is 12.4 Å². The number of methoxy groups -OCH3 is 1. The molecule has 5 unspecified atom stereocenters. The molecule has 0 saturated heterocycles. The molecule has 260 valence electrons. The first kappa shape index (κ1) is 38.6. The normalized spacial score (nSPS) is 14.8. The second kappa shape index (κ2) is 18.0. The summed E-state index contributed by atoms with van der Waals surface area (Å²) in [5.74, 6) is -8.04. The number of aliphatic carboxylic acids is 2. The van der Waals surface area contributed by atoms with Gasteiger partial charge in [0.25, 0.3) is 0 Å². The Labute approximate surface area is 274 Å². The van der Waals surface area contributed by atoms with Gasteiger partial charge in [-0.25, -0.2) is 4.79 Å². The summed E-state index contributed by atoms with van der Waals surface area (Å²) in [5.41, 5.74) is 0.580. The van der Waals surface area contributed by atoms with E-state index in [1.165, 1.54) is 0 Å². The highest BCUT2D eigenvalue weighted by molar-refractivity contribution is 5.87. The fourth-order valence-electron chi connectivity index (χ4n) is 4.46. The Morgan fingerprint density at radius 1 is 0.771 bits per heavy atom. The van der Waals surface area contributed by atoms with Gasteiger partial charge in [0, 0.05) is 33.9 Å². The number of hydrogen-bond donors (Lipinski definition) is 2. The van der Waals surface area contributed by atoms with Crippen molar-refractivity contribution in [1.29, 1.82) is 0 Å². The maximum absolute atomic E-state index is 13.2. The summed E-state index contributed by atoms with van der Waals surface area (Å²) in [7, 11) is 1.54. The zero-order valence-electron chi connectivity index (χ0n) is 27.1. The summed E-state index contributed by atoms with van der Waals surface area (Å²) >= 11 is 0. The SMILES string of the molecule is COc1ccc2cc(C(C)C(=O)OCC(OC(C)=O)C(OC(C)=O)C(OC(C)=O)C(C=N[C@@H](CC(=O)O)C(=O)O)OC(C)=O)ccc2c1. The lowest BCUT2D eigenvalue weighted by atomic mass is 9.97. The van der Waals surface area contributed by atoms with Gasteiger partial charge in [-0.1, -0.05) is 24.3 Å². The number of fused-ring (bicyclic) bond motifs is 1. The summed E-state index contributed by atoms with van der Waals surface area (Å²) in [5, 5.41) is 20.1. The highest BCUT2D eigenvalue weighted by atomic mass is 16.6. The van der Waals surface area contributed by atoms with Crippen LogP contribution in [-0.4, -0.2) is 102 Å². The first-order chi connectivity index (χ1) is 22.5. The standard InChI is InChI=1S/C32H37NO15/c1-16(21-7-8-23-12-24(43-6)10-9-22(23)11-21)32(42)44-15-27(46-18(3)35)30(48-20(5)37)29(47-19(4)36)26(45-17(2)34)14-33-25(31(40)41)13-28(38)39/h7-12,14,16,25-27,29-30H,13,15H2,1-6H3,(H,38,39)(H,40,41)/t16?,25-,26?,27?,29?,30?/m0/s1. The Balaban J connectivity index is 2.48. The molecule has 2 N–H and O–H groups in total. The molecule has 2 aromatic rings. The van der Waals surface area contributed by atoms with Gasteiger partial charge in [0.2, 0.25) is 0 Å². The van der Waals surface area contributed by atoms with Crippen molar-refractivity contribution in [3.63, 3.8) is 0 Å². The lowest BCUT2D eigenvalue weighted by Gasteiger charge is -2.34.